The highest BCUT2D eigenvalue weighted by molar-refractivity contribution is 5.40. The van der Waals surface area contributed by atoms with E-state index in [1.165, 1.54) is 11.1 Å². The van der Waals surface area contributed by atoms with Gasteiger partial charge < -0.3 is 10.2 Å². The predicted molar refractivity (Wildman–Crippen MR) is 118 cm³/mol. The van der Waals surface area contributed by atoms with Gasteiger partial charge in [-0.1, -0.05) is 36.4 Å². The maximum atomic E-state index is 12.1. The number of benzene rings is 2. The quantitative estimate of drug-likeness (QED) is 0.635. The van der Waals surface area contributed by atoms with Gasteiger partial charge in [0.05, 0.1) is 11.9 Å². The summed E-state index contributed by atoms with van der Waals surface area (Å²) in [7, 11) is 0. The Balaban J connectivity index is 1.34. The molecule has 0 bridgehead atoms. The summed E-state index contributed by atoms with van der Waals surface area (Å²) in [6.45, 7) is 2.29. The van der Waals surface area contributed by atoms with Crippen molar-refractivity contribution >= 4 is 0 Å². The summed E-state index contributed by atoms with van der Waals surface area (Å²) in [6.07, 6.45) is 7.90. The van der Waals surface area contributed by atoms with Gasteiger partial charge in [0.1, 0.15) is 17.0 Å². The van der Waals surface area contributed by atoms with E-state index in [4.69, 9.17) is 0 Å². The second-order valence-corrected chi connectivity index (χ2v) is 10.0. The Labute approximate surface area is 182 Å². The van der Waals surface area contributed by atoms with Crippen molar-refractivity contribution in [2.24, 2.45) is 17.3 Å². The Bertz CT molecular complexity index is 1130. The van der Waals surface area contributed by atoms with Gasteiger partial charge in [-0.15, -0.1) is 5.10 Å². The van der Waals surface area contributed by atoms with E-state index in [0.29, 0.717) is 29.2 Å². The van der Waals surface area contributed by atoms with Crippen molar-refractivity contribution in [3.63, 3.8) is 0 Å². The molecular formula is C26H29N3O2. The standard InChI is InChI=1S/C26H29N3O2/c1-25-13-11-21-20-10-8-19(30)15-17(20)7-9-22(21)23(25)12-14-26(25,31)24-16-29(28-27-24)18-5-3-2-4-6-18/h2-6,8,10,15-16,21-23,30-31H,7,9,11-14H2,1H3/t21-,22-,23+,25+,26-/m1/s1. The van der Waals surface area contributed by atoms with E-state index >= 15 is 0 Å². The smallest absolute Gasteiger partial charge is 0.116 e. The third kappa shape index (κ3) is 2.65. The molecule has 2 fully saturated rings. The molecule has 0 unspecified atom stereocenters. The Morgan fingerprint density at radius 2 is 1.87 bits per heavy atom. The van der Waals surface area contributed by atoms with Gasteiger partial charge in [0.15, 0.2) is 0 Å². The van der Waals surface area contributed by atoms with Crippen LogP contribution in [0.5, 0.6) is 5.75 Å². The molecule has 0 saturated heterocycles. The van der Waals surface area contributed by atoms with Gasteiger partial charge in [0, 0.05) is 5.41 Å². The summed E-state index contributed by atoms with van der Waals surface area (Å²) in [5.74, 6) is 1.95. The van der Waals surface area contributed by atoms with Crippen LogP contribution in [0.25, 0.3) is 5.69 Å². The molecule has 0 amide bonds. The zero-order valence-electron chi connectivity index (χ0n) is 17.9. The first kappa shape index (κ1) is 19.1. The first-order chi connectivity index (χ1) is 15.0. The number of aliphatic hydroxyl groups is 1. The van der Waals surface area contributed by atoms with Crippen molar-refractivity contribution in [1.82, 2.24) is 15.0 Å². The second-order valence-electron chi connectivity index (χ2n) is 10.0. The molecule has 3 aliphatic carbocycles. The van der Waals surface area contributed by atoms with Crippen LogP contribution in [0.2, 0.25) is 0 Å². The minimum Gasteiger partial charge on any atom is -0.508 e. The van der Waals surface area contributed by atoms with Crippen LogP contribution in [0.1, 0.15) is 61.8 Å². The molecule has 5 nitrogen and oxygen atoms in total. The Morgan fingerprint density at radius 3 is 2.71 bits per heavy atom. The van der Waals surface area contributed by atoms with Gasteiger partial charge in [-0.25, -0.2) is 4.68 Å². The Hall–Kier alpha value is -2.66. The van der Waals surface area contributed by atoms with Gasteiger partial charge in [0.25, 0.3) is 0 Å². The molecule has 0 spiro atoms. The predicted octanol–water partition coefficient (Wildman–Crippen LogP) is 4.72. The molecule has 2 saturated carbocycles. The molecule has 5 heteroatoms. The first-order valence-corrected chi connectivity index (χ1v) is 11.5. The van der Waals surface area contributed by atoms with E-state index < -0.39 is 5.60 Å². The van der Waals surface area contributed by atoms with Gasteiger partial charge in [-0.2, -0.15) is 0 Å². The van der Waals surface area contributed by atoms with Gasteiger partial charge in [-0.3, -0.25) is 0 Å². The van der Waals surface area contributed by atoms with Crippen molar-refractivity contribution in [3.8, 4) is 11.4 Å². The Kier molecular flexibility index (Phi) is 4.10. The summed E-state index contributed by atoms with van der Waals surface area (Å²) in [4.78, 5) is 0. The zero-order chi connectivity index (χ0) is 21.2. The third-order valence-corrected chi connectivity index (χ3v) is 8.80. The number of aryl methyl sites for hydroxylation is 1. The Morgan fingerprint density at radius 1 is 1.03 bits per heavy atom. The maximum absolute atomic E-state index is 12.1. The molecule has 1 aromatic heterocycles. The molecule has 6 rings (SSSR count). The van der Waals surface area contributed by atoms with Crippen molar-refractivity contribution < 1.29 is 10.2 Å². The fraction of sp³-hybridized carbons (Fsp3) is 0.462. The summed E-state index contributed by atoms with van der Waals surface area (Å²) in [6, 6.07) is 15.9. The van der Waals surface area contributed by atoms with E-state index in [2.05, 4.69) is 23.3 Å². The second kappa shape index (κ2) is 6.67. The molecule has 1 heterocycles. The summed E-state index contributed by atoms with van der Waals surface area (Å²) >= 11 is 0. The lowest BCUT2D eigenvalue weighted by atomic mass is 9.53. The number of aromatic hydroxyl groups is 1. The summed E-state index contributed by atoms with van der Waals surface area (Å²) in [5.41, 5.74) is 3.26. The molecule has 0 aliphatic heterocycles. The summed E-state index contributed by atoms with van der Waals surface area (Å²) < 4.78 is 1.78. The zero-order valence-corrected chi connectivity index (χ0v) is 17.9. The number of nitrogens with zero attached hydrogens (tertiary/aromatic N) is 3. The van der Waals surface area contributed by atoms with Crippen LogP contribution in [0.4, 0.5) is 0 Å². The van der Waals surface area contributed by atoms with Crippen LogP contribution in [0.15, 0.2) is 54.7 Å². The maximum Gasteiger partial charge on any atom is 0.116 e. The SMILES string of the molecule is C[C@]12CC[C@@H]3c4ccc(O)cc4CC[C@H]3[C@@H]1CC[C@@]2(O)c1cn(-c2ccccc2)nn1. The largest absolute Gasteiger partial charge is 0.508 e. The fourth-order valence-corrected chi connectivity index (χ4v) is 7.17. The molecule has 5 atom stereocenters. The highest BCUT2D eigenvalue weighted by atomic mass is 16.3. The van der Waals surface area contributed by atoms with E-state index in [-0.39, 0.29) is 5.41 Å². The first-order valence-electron chi connectivity index (χ1n) is 11.5. The van der Waals surface area contributed by atoms with Crippen molar-refractivity contribution in [2.45, 2.75) is 57.0 Å². The topological polar surface area (TPSA) is 71.2 Å². The highest BCUT2D eigenvalue weighted by Crippen LogP contribution is 2.66. The normalized spacial score (nSPS) is 34.1. The molecule has 3 aromatic rings. The monoisotopic (exact) mass is 415 g/mol. The number of hydrogen-bond donors (Lipinski definition) is 2. The lowest BCUT2D eigenvalue weighted by Gasteiger charge is -2.52. The average molecular weight is 416 g/mol. The van der Waals surface area contributed by atoms with Crippen LogP contribution < -0.4 is 0 Å². The number of hydrogen-bond acceptors (Lipinski definition) is 4. The van der Waals surface area contributed by atoms with Gasteiger partial charge >= 0.3 is 0 Å². The van der Waals surface area contributed by atoms with E-state index in [1.807, 2.05) is 48.7 Å². The lowest BCUT2D eigenvalue weighted by Crippen LogP contribution is -2.49. The van der Waals surface area contributed by atoms with Crippen molar-refractivity contribution in [1.29, 1.82) is 0 Å². The van der Waals surface area contributed by atoms with Crippen LogP contribution >= 0.6 is 0 Å². The van der Waals surface area contributed by atoms with Gasteiger partial charge in [0.2, 0.25) is 0 Å². The molecule has 2 N–H and O–H groups in total. The van der Waals surface area contributed by atoms with E-state index in [1.54, 1.807) is 4.68 Å². The number of fused-ring (bicyclic) bond motifs is 5. The summed E-state index contributed by atoms with van der Waals surface area (Å²) in [5, 5.41) is 30.8. The fourth-order valence-electron chi connectivity index (χ4n) is 7.17. The molecule has 2 aromatic carbocycles. The molecule has 0 radical (unpaired) electrons. The average Bonchev–Trinajstić information content (AvgIpc) is 3.38. The number of rotatable bonds is 2. The van der Waals surface area contributed by atoms with Crippen LogP contribution in [-0.2, 0) is 12.0 Å². The number of phenolic OH excluding ortho intramolecular Hbond substituents is 1. The molecule has 31 heavy (non-hydrogen) atoms. The van der Waals surface area contributed by atoms with E-state index in [0.717, 1.165) is 44.2 Å². The van der Waals surface area contributed by atoms with E-state index in [9.17, 15) is 10.2 Å². The van der Waals surface area contributed by atoms with Crippen molar-refractivity contribution in [2.75, 3.05) is 0 Å². The molecular weight excluding hydrogens is 386 g/mol. The van der Waals surface area contributed by atoms with Crippen LogP contribution in [0, 0.1) is 17.3 Å². The third-order valence-electron chi connectivity index (χ3n) is 8.80. The number of aromatic nitrogens is 3. The number of phenols is 1. The number of para-hydroxylation sites is 1. The highest BCUT2D eigenvalue weighted by Gasteiger charge is 2.63. The molecule has 160 valence electrons. The lowest BCUT2D eigenvalue weighted by molar-refractivity contribution is -0.111. The van der Waals surface area contributed by atoms with Crippen LogP contribution in [-0.4, -0.2) is 25.2 Å². The van der Waals surface area contributed by atoms with Crippen LogP contribution in [0.3, 0.4) is 0 Å². The van der Waals surface area contributed by atoms with Crippen molar-refractivity contribution in [3.05, 3.63) is 71.5 Å². The van der Waals surface area contributed by atoms with Gasteiger partial charge in [-0.05, 0) is 91.7 Å². The minimum atomic E-state index is -0.940. The minimum absolute atomic E-state index is 0.194. The molecule has 3 aliphatic rings.